The first-order valence-electron chi connectivity index (χ1n) is 7.10. The number of hydrogen-bond donors (Lipinski definition) is 3. The van der Waals surface area contributed by atoms with Gasteiger partial charge in [-0.2, -0.15) is 0 Å². The summed E-state index contributed by atoms with van der Waals surface area (Å²) in [7, 11) is 1.62. The molecule has 0 spiro atoms. The number of nitrogens with zero attached hydrogens (tertiary/aromatic N) is 2. The van der Waals surface area contributed by atoms with Gasteiger partial charge in [-0.15, -0.1) is 0 Å². The number of aliphatic hydroxyl groups excluding tert-OH is 1. The predicted octanol–water partition coefficient (Wildman–Crippen LogP) is 2.02. The van der Waals surface area contributed by atoms with Crippen molar-refractivity contribution < 1.29 is 9.84 Å². The molecule has 1 aromatic heterocycles. The first kappa shape index (κ1) is 16.7. The predicted molar refractivity (Wildman–Crippen MR) is 80.9 cm³/mol. The Balaban J connectivity index is 2.79. The normalized spacial score (nSPS) is 13.8. The minimum Gasteiger partial charge on any atom is -0.393 e. The maximum atomic E-state index is 9.41. The van der Waals surface area contributed by atoms with Gasteiger partial charge < -0.3 is 20.5 Å². The number of nitrogens with one attached hydrogen (secondary N) is 2. The molecule has 2 unspecified atom stereocenters. The van der Waals surface area contributed by atoms with Crippen LogP contribution in [-0.2, 0) is 11.3 Å². The highest BCUT2D eigenvalue weighted by molar-refractivity contribution is 5.48. The largest absolute Gasteiger partial charge is 0.393 e. The molecule has 0 amide bonds. The minimum absolute atomic E-state index is 0.138. The lowest BCUT2D eigenvalue weighted by Gasteiger charge is -2.17. The molecule has 0 saturated heterocycles. The summed E-state index contributed by atoms with van der Waals surface area (Å²) in [5.41, 5.74) is 0. The van der Waals surface area contributed by atoms with E-state index in [9.17, 15) is 5.11 Å². The molecule has 0 bridgehead atoms. The summed E-state index contributed by atoms with van der Waals surface area (Å²) in [5.74, 6) is 2.18. The van der Waals surface area contributed by atoms with Crippen LogP contribution >= 0.6 is 0 Å². The van der Waals surface area contributed by atoms with Crippen LogP contribution in [0.4, 0.5) is 11.6 Å². The summed E-state index contributed by atoms with van der Waals surface area (Å²) in [6.45, 7) is 7.15. The second-order valence-electron chi connectivity index (χ2n) is 5.04. The minimum atomic E-state index is -0.338. The molecule has 0 aliphatic carbocycles. The van der Waals surface area contributed by atoms with Crippen molar-refractivity contribution in [2.45, 2.75) is 52.4 Å². The summed E-state index contributed by atoms with van der Waals surface area (Å²) in [5, 5.41) is 15.9. The summed E-state index contributed by atoms with van der Waals surface area (Å²) in [6, 6.07) is 2.02. The highest BCUT2D eigenvalue weighted by Crippen LogP contribution is 2.14. The van der Waals surface area contributed by atoms with Crippen LogP contribution in [-0.4, -0.2) is 40.9 Å². The third-order valence-electron chi connectivity index (χ3n) is 2.69. The average Bonchev–Trinajstić information content (AvgIpc) is 2.35. The van der Waals surface area contributed by atoms with Gasteiger partial charge in [0.15, 0.2) is 5.82 Å². The maximum absolute atomic E-state index is 9.41. The molecule has 0 fully saturated rings. The number of methoxy groups -OCH3 is 1. The molecule has 1 aromatic rings. The van der Waals surface area contributed by atoms with Crippen molar-refractivity contribution >= 4 is 11.6 Å². The van der Waals surface area contributed by atoms with Crippen molar-refractivity contribution in [2.75, 3.05) is 24.3 Å². The van der Waals surface area contributed by atoms with E-state index in [1.165, 1.54) is 0 Å². The molecule has 6 nitrogen and oxygen atoms in total. The van der Waals surface area contributed by atoms with E-state index in [1.54, 1.807) is 14.0 Å². The Bertz CT molecular complexity index is 399. The van der Waals surface area contributed by atoms with Gasteiger partial charge in [-0.05, 0) is 26.7 Å². The zero-order chi connectivity index (χ0) is 15.0. The highest BCUT2D eigenvalue weighted by atomic mass is 16.5. The molecule has 0 radical (unpaired) electrons. The van der Waals surface area contributed by atoms with E-state index >= 15 is 0 Å². The Hall–Kier alpha value is -1.40. The quantitative estimate of drug-likeness (QED) is 0.643. The summed E-state index contributed by atoms with van der Waals surface area (Å²) < 4.78 is 5.09. The van der Waals surface area contributed by atoms with Crippen LogP contribution in [0.1, 0.15) is 39.4 Å². The van der Waals surface area contributed by atoms with Crippen molar-refractivity contribution in [3.05, 3.63) is 11.9 Å². The van der Waals surface area contributed by atoms with Crippen molar-refractivity contribution in [3.8, 4) is 0 Å². The monoisotopic (exact) mass is 282 g/mol. The number of ether oxygens (including phenoxy) is 1. The number of hydrogen-bond acceptors (Lipinski definition) is 6. The molecule has 0 aliphatic rings. The van der Waals surface area contributed by atoms with E-state index < -0.39 is 0 Å². The Morgan fingerprint density at radius 3 is 2.60 bits per heavy atom. The zero-order valence-corrected chi connectivity index (χ0v) is 12.8. The Kier molecular flexibility index (Phi) is 7.25. The smallest absolute Gasteiger partial charge is 0.158 e. The van der Waals surface area contributed by atoms with Gasteiger partial charge in [0, 0.05) is 25.8 Å². The fourth-order valence-electron chi connectivity index (χ4n) is 1.93. The standard InChI is InChI=1S/C14H26N4O2/c1-5-6-15-12-8-13(16-10(2)7-11(3)19)18-14(17-12)9-20-4/h8,10-11,19H,5-7,9H2,1-4H3,(H2,15,16,17,18). The molecule has 2 atom stereocenters. The van der Waals surface area contributed by atoms with Crippen LogP contribution < -0.4 is 10.6 Å². The van der Waals surface area contributed by atoms with Gasteiger partial charge in [0.25, 0.3) is 0 Å². The van der Waals surface area contributed by atoms with Gasteiger partial charge in [-0.1, -0.05) is 6.92 Å². The topological polar surface area (TPSA) is 79.3 Å². The first-order chi connectivity index (χ1) is 9.55. The van der Waals surface area contributed by atoms with E-state index in [2.05, 4.69) is 27.5 Å². The number of anilines is 2. The molecule has 114 valence electrons. The van der Waals surface area contributed by atoms with Gasteiger partial charge in [-0.3, -0.25) is 0 Å². The second kappa shape index (κ2) is 8.71. The number of aromatic nitrogens is 2. The van der Waals surface area contributed by atoms with Crippen molar-refractivity contribution in [3.63, 3.8) is 0 Å². The molecular weight excluding hydrogens is 256 g/mol. The fraction of sp³-hybridized carbons (Fsp3) is 0.714. The summed E-state index contributed by atoms with van der Waals surface area (Å²) in [4.78, 5) is 8.80. The fourth-order valence-corrected chi connectivity index (χ4v) is 1.93. The summed E-state index contributed by atoms with van der Waals surface area (Å²) >= 11 is 0. The molecule has 3 N–H and O–H groups in total. The number of aliphatic hydroxyl groups is 1. The molecule has 6 heteroatoms. The van der Waals surface area contributed by atoms with Gasteiger partial charge >= 0.3 is 0 Å². The molecule has 0 aromatic carbocycles. The molecule has 0 saturated carbocycles. The van der Waals surface area contributed by atoms with Crippen LogP contribution in [0, 0.1) is 0 Å². The third-order valence-corrected chi connectivity index (χ3v) is 2.69. The van der Waals surface area contributed by atoms with Crippen molar-refractivity contribution in [1.29, 1.82) is 0 Å². The summed E-state index contributed by atoms with van der Waals surface area (Å²) in [6.07, 6.45) is 1.36. The van der Waals surface area contributed by atoms with Crippen molar-refractivity contribution in [1.82, 2.24) is 9.97 Å². The molecular formula is C14H26N4O2. The molecule has 1 heterocycles. The van der Waals surface area contributed by atoms with Gasteiger partial charge in [0.1, 0.15) is 18.2 Å². The average molecular weight is 282 g/mol. The third kappa shape index (κ3) is 6.16. The first-order valence-corrected chi connectivity index (χ1v) is 7.10. The van der Waals surface area contributed by atoms with Crippen LogP contribution in [0.25, 0.3) is 0 Å². The second-order valence-corrected chi connectivity index (χ2v) is 5.04. The van der Waals surface area contributed by atoms with Gasteiger partial charge in [0.05, 0.1) is 6.10 Å². The van der Waals surface area contributed by atoms with E-state index in [1.807, 2.05) is 13.0 Å². The van der Waals surface area contributed by atoms with Crippen LogP contribution in [0.2, 0.25) is 0 Å². The van der Waals surface area contributed by atoms with Crippen LogP contribution in [0.5, 0.6) is 0 Å². The maximum Gasteiger partial charge on any atom is 0.158 e. The SMILES string of the molecule is CCCNc1cc(NC(C)CC(C)O)nc(COC)n1. The lowest BCUT2D eigenvalue weighted by Crippen LogP contribution is -2.22. The Morgan fingerprint density at radius 2 is 2.00 bits per heavy atom. The van der Waals surface area contributed by atoms with Crippen LogP contribution in [0.3, 0.4) is 0 Å². The van der Waals surface area contributed by atoms with E-state index in [-0.39, 0.29) is 12.1 Å². The van der Waals surface area contributed by atoms with Gasteiger partial charge in [-0.25, -0.2) is 9.97 Å². The lowest BCUT2D eigenvalue weighted by molar-refractivity contribution is 0.177. The number of rotatable bonds is 9. The van der Waals surface area contributed by atoms with Crippen LogP contribution in [0.15, 0.2) is 6.07 Å². The molecule has 20 heavy (non-hydrogen) atoms. The van der Waals surface area contributed by atoms with Crippen molar-refractivity contribution in [2.24, 2.45) is 0 Å². The Labute approximate surface area is 121 Å². The van der Waals surface area contributed by atoms with E-state index in [0.717, 1.165) is 24.6 Å². The van der Waals surface area contributed by atoms with E-state index in [4.69, 9.17) is 4.74 Å². The van der Waals surface area contributed by atoms with E-state index in [0.29, 0.717) is 18.9 Å². The Morgan fingerprint density at radius 1 is 1.30 bits per heavy atom. The highest BCUT2D eigenvalue weighted by Gasteiger charge is 2.09. The lowest BCUT2D eigenvalue weighted by atomic mass is 10.1. The molecule has 1 rings (SSSR count). The molecule has 0 aliphatic heterocycles. The van der Waals surface area contributed by atoms with Gasteiger partial charge in [0.2, 0.25) is 0 Å². The zero-order valence-electron chi connectivity index (χ0n) is 12.8.